The van der Waals surface area contributed by atoms with Gasteiger partial charge < -0.3 is 20.5 Å². The summed E-state index contributed by atoms with van der Waals surface area (Å²) in [7, 11) is 0. The highest BCUT2D eigenvalue weighted by Crippen LogP contribution is 2.36. The maximum atomic E-state index is 13.4. The van der Waals surface area contributed by atoms with Gasteiger partial charge in [-0.15, -0.1) is 0 Å². The molecule has 1 aromatic rings. The topological polar surface area (TPSA) is 108 Å². The molecule has 1 unspecified atom stereocenters. The van der Waals surface area contributed by atoms with Crippen LogP contribution in [0.3, 0.4) is 0 Å². The molecule has 8 nitrogen and oxygen atoms in total. The van der Waals surface area contributed by atoms with E-state index in [1.165, 1.54) is 12.2 Å². The summed E-state index contributed by atoms with van der Waals surface area (Å²) in [5.41, 5.74) is -0.329. The average Bonchev–Trinajstić information content (AvgIpc) is 2.81. The summed E-state index contributed by atoms with van der Waals surface area (Å²) in [4.78, 5) is 33.7. The summed E-state index contributed by atoms with van der Waals surface area (Å²) in [6, 6.07) is 1.63. The van der Waals surface area contributed by atoms with Crippen molar-refractivity contribution in [3.8, 4) is 5.75 Å². The van der Waals surface area contributed by atoms with Gasteiger partial charge in [-0.05, 0) is 26.0 Å². The molecule has 3 N–H and O–H groups in total. The number of alkyl halides is 8. The Hall–Kier alpha value is -3.24. The first-order chi connectivity index (χ1) is 16.3. The van der Waals surface area contributed by atoms with Gasteiger partial charge in [-0.3, -0.25) is 19.3 Å². The van der Waals surface area contributed by atoms with Crippen molar-refractivity contribution < 1.29 is 63.7 Å². The number of rotatable bonds is 6. The van der Waals surface area contributed by atoms with Crippen LogP contribution in [0.15, 0.2) is 18.2 Å². The average molecular weight is 541 g/mol. The van der Waals surface area contributed by atoms with Gasteiger partial charge in [-0.2, -0.15) is 35.1 Å². The third-order valence-electron chi connectivity index (χ3n) is 4.39. The van der Waals surface area contributed by atoms with E-state index in [9.17, 15) is 53.9 Å². The fourth-order valence-electron chi connectivity index (χ4n) is 2.63. The summed E-state index contributed by atoms with van der Waals surface area (Å²) in [5, 5.41) is 11.9. The number of aliphatic hydroxyl groups excluding tert-OH is 1. The fourth-order valence-corrected chi connectivity index (χ4v) is 2.63. The molecule has 17 heteroatoms. The number of carbonyl (C=O) groups excluding carboxylic acids is 3. The standard InChI is InChI=1S/C13H12F4N2O3.C6H8F5NO2/c1-7-11(18-6-20)12(21)19(5-13(15,16)17)9-4-8(14)2-3-10(9)22-7;1-3(13)4(14)12-2-5(7,8)6(9,10)11/h2-4,6-7,11H,5H2,1H3,(H,18,20);3,13H,2H2,1H3,(H,12,14)/t7-,11+;/m1./s1. The predicted octanol–water partition coefficient (Wildman–Crippen LogP) is 2.30. The van der Waals surface area contributed by atoms with Gasteiger partial charge in [0.15, 0.2) is 0 Å². The van der Waals surface area contributed by atoms with E-state index in [0.29, 0.717) is 4.90 Å². The van der Waals surface area contributed by atoms with Crippen LogP contribution in [0.1, 0.15) is 13.8 Å². The van der Waals surface area contributed by atoms with Crippen LogP contribution < -0.4 is 20.3 Å². The maximum absolute atomic E-state index is 13.4. The summed E-state index contributed by atoms with van der Waals surface area (Å²) in [6.07, 6.45) is -12.7. The molecular weight excluding hydrogens is 521 g/mol. The van der Waals surface area contributed by atoms with Crippen LogP contribution >= 0.6 is 0 Å². The molecule has 0 aromatic heterocycles. The normalized spacial score (nSPS) is 19.1. The van der Waals surface area contributed by atoms with E-state index in [2.05, 4.69) is 5.32 Å². The zero-order valence-corrected chi connectivity index (χ0v) is 18.4. The number of nitrogens with zero attached hydrogens (tertiary/aromatic N) is 1. The van der Waals surface area contributed by atoms with Gasteiger partial charge in [0, 0.05) is 6.07 Å². The Morgan fingerprint density at radius 2 is 1.78 bits per heavy atom. The van der Waals surface area contributed by atoms with Gasteiger partial charge in [-0.25, -0.2) is 4.39 Å². The molecule has 0 aliphatic carbocycles. The van der Waals surface area contributed by atoms with Crippen molar-refractivity contribution in [1.29, 1.82) is 0 Å². The lowest BCUT2D eigenvalue weighted by atomic mass is 10.1. The number of hydrogen-bond acceptors (Lipinski definition) is 5. The zero-order chi connectivity index (χ0) is 28.1. The third kappa shape index (κ3) is 8.46. The number of fused-ring (bicyclic) bond motifs is 1. The third-order valence-corrected chi connectivity index (χ3v) is 4.39. The number of ether oxygens (including phenoxy) is 1. The van der Waals surface area contributed by atoms with Gasteiger partial charge in [0.2, 0.25) is 12.3 Å². The first-order valence-corrected chi connectivity index (χ1v) is 9.75. The van der Waals surface area contributed by atoms with E-state index in [4.69, 9.17) is 9.84 Å². The second-order valence-corrected chi connectivity index (χ2v) is 7.33. The molecule has 3 amide bonds. The lowest BCUT2D eigenvalue weighted by Crippen LogP contribution is -2.53. The number of benzene rings is 1. The van der Waals surface area contributed by atoms with Crippen molar-refractivity contribution in [2.45, 2.75) is 50.4 Å². The maximum Gasteiger partial charge on any atom is 0.455 e. The SMILES string of the molecule is CC(O)C(=O)NCC(F)(F)C(F)(F)F.C[C@H]1Oc2ccc(F)cc2N(CC(F)(F)F)C(=O)[C@H]1NC=O. The lowest BCUT2D eigenvalue weighted by molar-refractivity contribution is -0.278. The van der Waals surface area contributed by atoms with Crippen molar-refractivity contribution in [1.82, 2.24) is 10.6 Å². The minimum Gasteiger partial charge on any atom is -0.486 e. The number of amides is 3. The van der Waals surface area contributed by atoms with E-state index < -0.39 is 67.2 Å². The van der Waals surface area contributed by atoms with E-state index in [1.54, 1.807) is 0 Å². The van der Waals surface area contributed by atoms with Gasteiger partial charge in [0.05, 0.1) is 12.2 Å². The van der Waals surface area contributed by atoms with Crippen molar-refractivity contribution in [3.05, 3.63) is 24.0 Å². The largest absolute Gasteiger partial charge is 0.486 e. The molecule has 36 heavy (non-hydrogen) atoms. The first kappa shape index (κ1) is 30.8. The summed E-state index contributed by atoms with van der Waals surface area (Å²) in [6.45, 7) is -1.13. The van der Waals surface area contributed by atoms with Crippen molar-refractivity contribution >= 4 is 23.9 Å². The molecule has 1 heterocycles. The molecule has 0 saturated carbocycles. The number of aliphatic hydroxyl groups is 1. The zero-order valence-electron chi connectivity index (χ0n) is 18.4. The highest BCUT2D eigenvalue weighted by molar-refractivity contribution is 6.00. The molecule has 0 fully saturated rings. The van der Waals surface area contributed by atoms with Crippen molar-refractivity contribution in [3.63, 3.8) is 0 Å². The van der Waals surface area contributed by atoms with Crippen LogP contribution in [-0.4, -0.2) is 72.9 Å². The van der Waals surface area contributed by atoms with Crippen molar-refractivity contribution in [2.24, 2.45) is 0 Å². The highest BCUT2D eigenvalue weighted by Gasteiger charge is 2.57. The number of anilines is 1. The summed E-state index contributed by atoms with van der Waals surface area (Å²) < 4.78 is 116. The number of nitrogens with one attached hydrogen (secondary N) is 2. The molecule has 1 aliphatic heterocycles. The Bertz CT molecular complexity index is 938. The second-order valence-electron chi connectivity index (χ2n) is 7.33. The van der Waals surface area contributed by atoms with Crippen LogP contribution in [0.4, 0.5) is 45.2 Å². The van der Waals surface area contributed by atoms with Gasteiger partial charge >= 0.3 is 18.3 Å². The number of hydrogen-bond donors (Lipinski definition) is 3. The quantitative estimate of drug-likeness (QED) is 0.379. The lowest BCUT2D eigenvalue weighted by Gasteiger charge is -2.26. The van der Waals surface area contributed by atoms with E-state index in [-0.39, 0.29) is 17.8 Å². The molecule has 1 aliphatic rings. The molecule has 1 aromatic carbocycles. The summed E-state index contributed by atoms with van der Waals surface area (Å²) >= 11 is 0. The smallest absolute Gasteiger partial charge is 0.455 e. The minimum atomic E-state index is -5.71. The molecule has 204 valence electrons. The molecule has 3 atom stereocenters. The molecule has 0 saturated heterocycles. The molecule has 0 bridgehead atoms. The molecular formula is C19H20F9N3O5. The van der Waals surface area contributed by atoms with Crippen molar-refractivity contribution in [2.75, 3.05) is 18.0 Å². The Labute approximate surface area is 197 Å². The van der Waals surface area contributed by atoms with Gasteiger partial charge in [0.25, 0.3) is 5.91 Å². The van der Waals surface area contributed by atoms with Crippen LogP contribution in [0.5, 0.6) is 5.75 Å². The molecule has 2 rings (SSSR count). The first-order valence-electron chi connectivity index (χ1n) is 9.75. The van der Waals surface area contributed by atoms with Crippen LogP contribution in [0, 0.1) is 5.82 Å². The fraction of sp³-hybridized carbons (Fsp3) is 0.526. The Kier molecular flexibility index (Phi) is 9.98. The van der Waals surface area contributed by atoms with E-state index >= 15 is 0 Å². The van der Waals surface area contributed by atoms with Crippen LogP contribution in [0.2, 0.25) is 0 Å². The molecule has 0 radical (unpaired) electrons. The van der Waals surface area contributed by atoms with E-state index in [0.717, 1.165) is 25.1 Å². The second kappa shape index (κ2) is 11.7. The Morgan fingerprint density at radius 1 is 1.19 bits per heavy atom. The Morgan fingerprint density at radius 3 is 2.25 bits per heavy atom. The van der Waals surface area contributed by atoms with Gasteiger partial charge in [-0.1, -0.05) is 0 Å². The van der Waals surface area contributed by atoms with E-state index in [1.807, 2.05) is 0 Å². The van der Waals surface area contributed by atoms with Crippen LogP contribution in [0.25, 0.3) is 0 Å². The number of carbonyl (C=O) groups is 3. The predicted molar refractivity (Wildman–Crippen MR) is 104 cm³/mol. The molecule has 0 spiro atoms. The van der Waals surface area contributed by atoms with Gasteiger partial charge in [0.1, 0.15) is 36.4 Å². The monoisotopic (exact) mass is 541 g/mol. The van der Waals surface area contributed by atoms with Crippen LogP contribution in [-0.2, 0) is 14.4 Å². The number of halogens is 9. The highest BCUT2D eigenvalue weighted by atomic mass is 19.4. The Balaban J connectivity index is 0.000000402. The minimum absolute atomic E-state index is 0.0679. The summed E-state index contributed by atoms with van der Waals surface area (Å²) in [5.74, 6) is -8.17.